The van der Waals surface area contributed by atoms with Gasteiger partial charge in [0.05, 0.1) is 25.6 Å². The lowest BCUT2D eigenvalue weighted by atomic mass is 10.0. The predicted molar refractivity (Wildman–Crippen MR) is 124 cm³/mol. The average molecular weight is 416 g/mol. The fraction of sp³-hybridized carbons (Fsp3) is 0.0833. The maximum Gasteiger partial charge on any atom is 0.206 e. The minimum atomic E-state index is 0.131. The van der Waals surface area contributed by atoms with Crippen molar-refractivity contribution >= 4 is 28.3 Å². The zero-order valence-corrected chi connectivity index (χ0v) is 17.3. The van der Waals surface area contributed by atoms with Crippen molar-refractivity contribution in [1.29, 1.82) is 0 Å². The third-order valence-electron chi connectivity index (χ3n) is 4.65. The van der Waals surface area contributed by atoms with Crippen LogP contribution in [0.15, 0.2) is 88.8 Å². The molecular weight excluding hydrogens is 394 g/mol. The van der Waals surface area contributed by atoms with Crippen LogP contribution in [0.25, 0.3) is 22.0 Å². The number of methoxy groups -OCH3 is 1. The molecule has 0 fully saturated rings. The van der Waals surface area contributed by atoms with Gasteiger partial charge in [-0.1, -0.05) is 48.5 Å². The Kier molecular flexibility index (Phi) is 5.77. The van der Waals surface area contributed by atoms with E-state index < -0.39 is 0 Å². The molecule has 0 radical (unpaired) electrons. The molecule has 4 rings (SSSR count). The second-order valence-electron chi connectivity index (χ2n) is 6.54. The van der Waals surface area contributed by atoms with E-state index in [9.17, 15) is 5.11 Å². The molecule has 0 unspecified atom stereocenters. The normalized spacial score (nSPS) is 12.0. The molecule has 1 heterocycles. The average Bonchev–Trinajstić information content (AvgIpc) is 3.19. The van der Waals surface area contributed by atoms with Crippen molar-refractivity contribution in [2.24, 2.45) is 10.1 Å². The quantitative estimate of drug-likeness (QED) is 0.354. The molecule has 0 saturated carbocycles. The van der Waals surface area contributed by atoms with Crippen molar-refractivity contribution < 1.29 is 9.84 Å². The number of phenols is 1. The third kappa shape index (κ3) is 3.90. The van der Waals surface area contributed by atoms with Gasteiger partial charge >= 0.3 is 0 Å². The maximum atomic E-state index is 10.2. The molecule has 1 aromatic heterocycles. The van der Waals surface area contributed by atoms with Gasteiger partial charge in [-0.05, 0) is 29.0 Å². The van der Waals surface area contributed by atoms with Crippen molar-refractivity contribution in [3.8, 4) is 22.8 Å². The van der Waals surface area contributed by atoms with E-state index in [4.69, 9.17) is 4.74 Å². The molecule has 0 aliphatic heterocycles. The van der Waals surface area contributed by atoms with Crippen LogP contribution >= 0.6 is 11.3 Å². The molecule has 5 nitrogen and oxygen atoms in total. The van der Waals surface area contributed by atoms with Crippen molar-refractivity contribution in [3.05, 3.63) is 89.1 Å². The number of fused-ring (bicyclic) bond motifs is 1. The van der Waals surface area contributed by atoms with Crippen LogP contribution in [0.3, 0.4) is 0 Å². The van der Waals surface area contributed by atoms with E-state index in [2.05, 4.69) is 40.9 Å². The highest BCUT2D eigenvalue weighted by Gasteiger charge is 2.11. The fourth-order valence-electron chi connectivity index (χ4n) is 3.18. The molecule has 0 aliphatic carbocycles. The Morgan fingerprint density at radius 3 is 2.80 bits per heavy atom. The molecule has 0 saturated heterocycles. The number of nitrogens with zero attached hydrogens (tertiary/aromatic N) is 3. The van der Waals surface area contributed by atoms with Crippen LogP contribution in [0.5, 0.6) is 11.5 Å². The van der Waals surface area contributed by atoms with Gasteiger partial charge in [-0.25, -0.2) is 4.68 Å². The highest BCUT2D eigenvalue weighted by molar-refractivity contribution is 7.07. The molecule has 0 aliphatic rings. The first-order chi connectivity index (χ1) is 14.7. The fourth-order valence-corrected chi connectivity index (χ4v) is 4.02. The van der Waals surface area contributed by atoms with Gasteiger partial charge in [0, 0.05) is 16.5 Å². The van der Waals surface area contributed by atoms with Gasteiger partial charge in [-0.2, -0.15) is 5.10 Å². The molecular formula is C24H21N3O2S. The first-order valence-electron chi connectivity index (χ1n) is 9.42. The van der Waals surface area contributed by atoms with Gasteiger partial charge in [0.15, 0.2) is 0 Å². The lowest BCUT2D eigenvalue weighted by molar-refractivity contribution is 0.412. The van der Waals surface area contributed by atoms with Gasteiger partial charge in [0.2, 0.25) is 4.80 Å². The number of aromatic hydroxyl groups is 1. The van der Waals surface area contributed by atoms with E-state index in [1.807, 2.05) is 23.6 Å². The lowest BCUT2D eigenvalue weighted by Crippen LogP contribution is -2.12. The summed E-state index contributed by atoms with van der Waals surface area (Å²) in [7, 11) is 1.59. The number of hydrogen-bond donors (Lipinski definition) is 1. The van der Waals surface area contributed by atoms with Gasteiger partial charge in [-0.15, -0.1) is 17.9 Å². The Bertz CT molecular complexity index is 1300. The van der Waals surface area contributed by atoms with E-state index in [0.717, 1.165) is 26.8 Å². The van der Waals surface area contributed by atoms with Gasteiger partial charge in [0.1, 0.15) is 11.5 Å². The zero-order chi connectivity index (χ0) is 20.9. The standard InChI is InChI=1S/C24H21N3O2S/c1-3-13-25-24-27(26-15-18-14-19(29-2)11-12-23(18)28)22(16-30-24)21-10-6-8-17-7-4-5-9-20(17)21/h3-12,14-16,28H,1,13H2,2H3. The molecule has 6 heteroatoms. The molecule has 1 N–H and O–H groups in total. The van der Waals surface area contributed by atoms with Crippen LogP contribution in [0.2, 0.25) is 0 Å². The Morgan fingerprint density at radius 1 is 1.13 bits per heavy atom. The number of phenolic OH excluding ortho intramolecular Hbond substituents is 1. The van der Waals surface area contributed by atoms with Crippen LogP contribution in [-0.2, 0) is 0 Å². The second kappa shape index (κ2) is 8.80. The van der Waals surface area contributed by atoms with Crippen LogP contribution < -0.4 is 9.54 Å². The minimum absolute atomic E-state index is 0.131. The summed E-state index contributed by atoms with van der Waals surface area (Å²) in [6.45, 7) is 4.25. The highest BCUT2D eigenvalue weighted by Crippen LogP contribution is 2.29. The molecule has 0 spiro atoms. The molecule has 4 aromatic rings. The van der Waals surface area contributed by atoms with Crippen LogP contribution in [-0.4, -0.2) is 29.7 Å². The molecule has 3 aromatic carbocycles. The van der Waals surface area contributed by atoms with E-state index in [0.29, 0.717) is 17.9 Å². The van der Waals surface area contributed by atoms with E-state index in [-0.39, 0.29) is 5.75 Å². The number of hydrogen-bond acceptors (Lipinski definition) is 5. The Hall–Kier alpha value is -3.64. The van der Waals surface area contributed by atoms with E-state index >= 15 is 0 Å². The number of aromatic nitrogens is 1. The van der Waals surface area contributed by atoms with Crippen molar-refractivity contribution in [3.63, 3.8) is 0 Å². The number of benzene rings is 3. The van der Waals surface area contributed by atoms with Crippen LogP contribution in [0.4, 0.5) is 0 Å². The van der Waals surface area contributed by atoms with E-state index in [1.54, 1.807) is 42.3 Å². The Balaban J connectivity index is 1.88. The summed E-state index contributed by atoms with van der Waals surface area (Å²) >= 11 is 1.51. The highest BCUT2D eigenvalue weighted by atomic mass is 32.1. The lowest BCUT2D eigenvalue weighted by Gasteiger charge is -2.08. The van der Waals surface area contributed by atoms with Crippen molar-refractivity contribution in [2.75, 3.05) is 13.7 Å². The summed E-state index contributed by atoms with van der Waals surface area (Å²) < 4.78 is 7.06. The molecule has 30 heavy (non-hydrogen) atoms. The van der Waals surface area contributed by atoms with Gasteiger partial charge in [0.25, 0.3) is 0 Å². The predicted octanol–water partition coefficient (Wildman–Crippen LogP) is 5.05. The van der Waals surface area contributed by atoms with Gasteiger partial charge < -0.3 is 9.84 Å². The summed E-state index contributed by atoms with van der Waals surface area (Å²) in [5.74, 6) is 0.780. The monoisotopic (exact) mass is 415 g/mol. The summed E-state index contributed by atoms with van der Waals surface area (Å²) in [5, 5.41) is 19.2. The Labute approximate surface area is 178 Å². The second-order valence-corrected chi connectivity index (χ2v) is 7.38. The number of rotatable bonds is 6. The molecule has 0 amide bonds. The Morgan fingerprint density at radius 2 is 1.97 bits per heavy atom. The maximum absolute atomic E-state index is 10.2. The van der Waals surface area contributed by atoms with Crippen LogP contribution in [0, 0.1) is 0 Å². The molecule has 0 atom stereocenters. The molecule has 150 valence electrons. The first-order valence-corrected chi connectivity index (χ1v) is 10.3. The van der Waals surface area contributed by atoms with Crippen LogP contribution in [0.1, 0.15) is 5.56 Å². The van der Waals surface area contributed by atoms with E-state index in [1.165, 1.54) is 11.3 Å². The van der Waals surface area contributed by atoms with Crippen molar-refractivity contribution in [2.45, 2.75) is 0 Å². The SMILES string of the molecule is C=CCN=c1scc(-c2cccc3ccccc23)n1N=Cc1cc(OC)ccc1O. The zero-order valence-electron chi connectivity index (χ0n) is 16.5. The summed E-state index contributed by atoms with van der Waals surface area (Å²) in [6.07, 6.45) is 3.37. The van der Waals surface area contributed by atoms with Crippen molar-refractivity contribution in [1.82, 2.24) is 4.68 Å². The minimum Gasteiger partial charge on any atom is -0.507 e. The third-order valence-corrected chi connectivity index (χ3v) is 5.51. The first kappa shape index (κ1) is 19.7. The molecule has 0 bridgehead atoms. The summed E-state index contributed by atoms with van der Waals surface area (Å²) in [4.78, 5) is 5.33. The smallest absolute Gasteiger partial charge is 0.206 e. The number of ether oxygens (including phenoxy) is 1. The summed E-state index contributed by atoms with van der Waals surface area (Å²) in [5.41, 5.74) is 2.56. The number of thiazole rings is 1. The largest absolute Gasteiger partial charge is 0.507 e. The van der Waals surface area contributed by atoms with Gasteiger partial charge in [-0.3, -0.25) is 4.99 Å². The topological polar surface area (TPSA) is 59.1 Å². The summed E-state index contributed by atoms with van der Waals surface area (Å²) in [6, 6.07) is 19.5.